The van der Waals surface area contributed by atoms with Crippen molar-refractivity contribution in [1.29, 1.82) is 0 Å². The van der Waals surface area contributed by atoms with Crippen LogP contribution in [0.2, 0.25) is 0 Å². The van der Waals surface area contributed by atoms with Gasteiger partial charge in [0.1, 0.15) is 5.01 Å². The molecule has 5 nitrogen and oxygen atoms in total. The molecular weight excluding hydrogens is 212 g/mol. The lowest BCUT2D eigenvalue weighted by atomic mass is 10.2. The van der Waals surface area contributed by atoms with Crippen molar-refractivity contribution >= 4 is 22.4 Å². The van der Waals surface area contributed by atoms with E-state index in [1.165, 1.54) is 11.3 Å². The van der Waals surface area contributed by atoms with E-state index in [0.717, 1.165) is 30.8 Å². The molecule has 1 saturated heterocycles. The summed E-state index contributed by atoms with van der Waals surface area (Å²) >= 11 is 1.44. The first kappa shape index (κ1) is 10.5. The van der Waals surface area contributed by atoms with Gasteiger partial charge in [-0.05, 0) is 25.8 Å². The minimum Gasteiger partial charge on any atom is -0.306 e. The Labute approximate surface area is 92.3 Å². The number of rotatable bonds is 3. The monoisotopic (exact) mass is 226 g/mol. The predicted molar refractivity (Wildman–Crippen MR) is 58.9 cm³/mol. The van der Waals surface area contributed by atoms with Crippen LogP contribution in [0.5, 0.6) is 0 Å². The van der Waals surface area contributed by atoms with Crippen molar-refractivity contribution < 1.29 is 4.79 Å². The van der Waals surface area contributed by atoms with Crippen LogP contribution in [0.15, 0.2) is 0 Å². The van der Waals surface area contributed by atoms with Crippen LogP contribution in [0.25, 0.3) is 0 Å². The summed E-state index contributed by atoms with van der Waals surface area (Å²) in [4.78, 5) is 11.7. The first-order valence-corrected chi connectivity index (χ1v) is 5.98. The average Bonchev–Trinajstić information content (AvgIpc) is 2.87. The van der Waals surface area contributed by atoms with Gasteiger partial charge in [-0.2, -0.15) is 0 Å². The number of amides is 1. The van der Waals surface area contributed by atoms with Gasteiger partial charge in [0, 0.05) is 0 Å². The predicted octanol–water partition coefficient (Wildman–Crippen LogP) is 0.791. The number of carbonyl (C=O) groups excluding carboxylic acids is 1. The van der Waals surface area contributed by atoms with Gasteiger partial charge in [0.2, 0.25) is 11.0 Å². The molecule has 1 aliphatic heterocycles. The Morgan fingerprint density at radius 3 is 3.13 bits per heavy atom. The molecule has 1 aromatic heterocycles. The van der Waals surface area contributed by atoms with Gasteiger partial charge in [0.15, 0.2) is 0 Å². The van der Waals surface area contributed by atoms with Crippen molar-refractivity contribution in [2.45, 2.75) is 32.2 Å². The highest BCUT2D eigenvalue weighted by molar-refractivity contribution is 7.15. The van der Waals surface area contributed by atoms with E-state index in [1.54, 1.807) is 0 Å². The molecule has 2 N–H and O–H groups in total. The molecule has 0 aliphatic carbocycles. The first-order valence-electron chi connectivity index (χ1n) is 5.16. The molecule has 2 heterocycles. The normalized spacial score (nSPS) is 20.5. The smallest absolute Gasteiger partial charge is 0.243 e. The van der Waals surface area contributed by atoms with Crippen molar-refractivity contribution in [2.75, 3.05) is 11.9 Å². The molecule has 1 atom stereocenters. The molecular formula is C9H14N4OS. The van der Waals surface area contributed by atoms with Crippen molar-refractivity contribution in [3.05, 3.63) is 5.01 Å². The van der Waals surface area contributed by atoms with E-state index >= 15 is 0 Å². The number of nitrogens with one attached hydrogen (secondary N) is 2. The molecule has 1 fully saturated rings. The summed E-state index contributed by atoms with van der Waals surface area (Å²) in [5.41, 5.74) is 0. The second-order valence-electron chi connectivity index (χ2n) is 3.49. The van der Waals surface area contributed by atoms with Gasteiger partial charge < -0.3 is 5.32 Å². The third kappa shape index (κ3) is 2.51. The lowest BCUT2D eigenvalue weighted by Gasteiger charge is -2.07. The van der Waals surface area contributed by atoms with Gasteiger partial charge in [-0.3, -0.25) is 10.1 Å². The maximum absolute atomic E-state index is 11.7. The molecule has 0 unspecified atom stereocenters. The Morgan fingerprint density at radius 2 is 2.53 bits per heavy atom. The highest BCUT2D eigenvalue weighted by Gasteiger charge is 2.22. The SMILES string of the molecule is CCc1nnc(NC(=O)[C@@H]2CCCN2)s1. The van der Waals surface area contributed by atoms with E-state index in [-0.39, 0.29) is 11.9 Å². The fraction of sp³-hybridized carbons (Fsp3) is 0.667. The van der Waals surface area contributed by atoms with Gasteiger partial charge in [-0.15, -0.1) is 10.2 Å². The molecule has 1 amide bonds. The van der Waals surface area contributed by atoms with Gasteiger partial charge in [-0.25, -0.2) is 0 Å². The third-order valence-corrected chi connectivity index (χ3v) is 3.36. The Balaban J connectivity index is 1.92. The first-order chi connectivity index (χ1) is 7.29. The lowest BCUT2D eigenvalue weighted by molar-refractivity contribution is -0.117. The summed E-state index contributed by atoms with van der Waals surface area (Å²) in [5.74, 6) is 0.00584. The standard InChI is InChI=1S/C9H14N4OS/c1-2-7-12-13-9(15-7)11-8(14)6-4-3-5-10-6/h6,10H,2-5H2,1H3,(H,11,13,14)/t6-/m0/s1. The minimum atomic E-state index is -0.0565. The highest BCUT2D eigenvalue weighted by Crippen LogP contribution is 2.16. The zero-order valence-electron chi connectivity index (χ0n) is 8.62. The molecule has 0 saturated carbocycles. The number of hydrogen-bond acceptors (Lipinski definition) is 5. The maximum atomic E-state index is 11.7. The van der Waals surface area contributed by atoms with Crippen LogP contribution in [0.1, 0.15) is 24.8 Å². The summed E-state index contributed by atoms with van der Waals surface area (Å²) in [6, 6.07) is -0.0565. The number of aromatic nitrogens is 2. The van der Waals surface area contributed by atoms with Crippen LogP contribution in [0.3, 0.4) is 0 Å². The highest BCUT2D eigenvalue weighted by atomic mass is 32.1. The lowest BCUT2D eigenvalue weighted by Crippen LogP contribution is -2.35. The minimum absolute atomic E-state index is 0.00584. The quantitative estimate of drug-likeness (QED) is 0.799. The number of carbonyl (C=O) groups is 1. The zero-order chi connectivity index (χ0) is 10.7. The van der Waals surface area contributed by atoms with Crippen LogP contribution in [0, 0.1) is 0 Å². The molecule has 0 radical (unpaired) electrons. The second kappa shape index (κ2) is 4.67. The molecule has 2 rings (SSSR count). The number of hydrogen-bond donors (Lipinski definition) is 2. The summed E-state index contributed by atoms with van der Waals surface area (Å²) < 4.78 is 0. The molecule has 1 aliphatic rings. The summed E-state index contributed by atoms with van der Waals surface area (Å²) in [7, 11) is 0. The fourth-order valence-electron chi connectivity index (χ4n) is 1.55. The second-order valence-corrected chi connectivity index (χ2v) is 4.55. The molecule has 0 bridgehead atoms. The van der Waals surface area contributed by atoms with Gasteiger partial charge in [-0.1, -0.05) is 18.3 Å². The molecule has 15 heavy (non-hydrogen) atoms. The van der Waals surface area contributed by atoms with Crippen molar-refractivity contribution in [3.63, 3.8) is 0 Å². The van der Waals surface area contributed by atoms with Crippen molar-refractivity contribution in [1.82, 2.24) is 15.5 Å². The van der Waals surface area contributed by atoms with Crippen molar-refractivity contribution in [2.24, 2.45) is 0 Å². The van der Waals surface area contributed by atoms with E-state index in [1.807, 2.05) is 6.92 Å². The molecule has 1 aromatic rings. The van der Waals surface area contributed by atoms with Gasteiger partial charge in [0.25, 0.3) is 0 Å². The largest absolute Gasteiger partial charge is 0.306 e. The van der Waals surface area contributed by atoms with E-state index in [4.69, 9.17) is 0 Å². The Morgan fingerprint density at radius 1 is 1.67 bits per heavy atom. The summed E-state index contributed by atoms with van der Waals surface area (Å²) in [6.45, 7) is 2.94. The van der Waals surface area contributed by atoms with Gasteiger partial charge in [0.05, 0.1) is 6.04 Å². The van der Waals surface area contributed by atoms with Crippen LogP contribution < -0.4 is 10.6 Å². The number of aryl methyl sites for hydroxylation is 1. The number of nitrogens with zero attached hydrogens (tertiary/aromatic N) is 2. The molecule has 6 heteroatoms. The third-order valence-electron chi connectivity index (χ3n) is 2.38. The van der Waals surface area contributed by atoms with E-state index in [9.17, 15) is 4.79 Å². The average molecular weight is 226 g/mol. The van der Waals surface area contributed by atoms with Crippen LogP contribution in [-0.4, -0.2) is 28.7 Å². The molecule has 0 spiro atoms. The van der Waals surface area contributed by atoms with E-state index in [2.05, 4.69) is 20.8 Å². The van der Waals surface area contributed by atoms with Gasteiger partial charge >= 0.3 is 0 Å². The summed E-state index contributed by atoms with van der Waals surface area (Å²) in [6.07, 6.45) is 2.83. The molecule has 0 aromatic carbocycles. The Bertz CT molecular complexity index is 346. The topological polar surface area (TPSA) is 66.9 Å². The van der Waals surface area contributed by atoms with Crippen molar-refractivity contribution in [3.8, 4) is 0 Å². The zero-order valence-corrected chi connectivity index (χ0v) is 9.43. The fourth-order valence-corrected chi connectivity index (χ4v) is 2.23. The summed E-state index contributed by atoms with van der Waals surface area (Å²) in [5, 5.41) is 15.3. The van der Waals surface area contributed by atoms with Crippen LogP contribution >= 0.6 is 11.3 Å². The Hall–Kier alpha value is -1.01. The van der Waals surface area contributed by atoms with Crippen LogP contribution in [-0.2, 0) is 11.2 Å². The van der Waals surface area contributed by atoms with E-state index < -0.39 is 0 Å². The Kier molecular flexibility index (Phi) is 3.27. The number of anilines is 1. The maximum Gasteiger partial charge on any atom is 0.243 e. The van der Waals surface area contributed by atoms with Crippen LogP contribution in [0.4, 0.5) is 5.13 Å². The molecule has 82 valence electrons. The van der Waals surface area contributed by atoms with E-state index in [0.29, 0.717) is 5.13 Å².